The van der Waals surface area contributed by atoms with Crippen molar-refractivity contribution in [2.24, 2.45) is 5.92 Å². The van der Waals surface area contributed by atoms with E-state index in [9.17, 15) is 0 Å². The summed E-state index contributed by atoms with van der Waals surface area (Å²) in [4.78, 5) is 0. The van der Waals surface area contributed by atoms with Crippen LogP contribution >= 0.6 is 0 Å². The van der Waals surface area contributed by atoms with Crippen molar-refractivity contribution in [1.29, 1.82) is 0 Å². The van der Waals surface area contributed by atoms with Crippen LogP contribution in [-0.4, -0.2) is 14.5 Å². The molecule has 1 aliphatic carbocycles. The fourth-order valence-electron chi connectivity index (χ4n) is 1.06. The molecule has 1 aromatic carbocycles. The summed E-state index contributed by atoms with van der Waals surface area (Å²) in [6.45, 7) is 0.865. The molecule has 0 N–H and O–H groups in total. The molecule has 2 radical (unpaired) electrons. The molecule has 1 saturated carbocycles. The van der Waals surface area contributed by atoms with Gasteiger partial charge in [0.2, 0.25) is 0 Å². The zero-order valence-corrected chi connectivity index (χ0v) is 6.99. The Bertz CT molecular complexity index is 251. The van der Waals surface area contributed by atoms with Crippen LogP contribution in [0.1, 0.15) is 12.8 Å². The van der Waals surface area contributed by atoms with Crippen molar-refractivity contribution in [2.75, 3.05) is 6.61 Å². The number of benzene rings is 1. The van der Waals surface area contributed by atoms with E-state index in [1.807, 2.05) is 24.3 Å². The van der Waals surface area contributed by atoms with E-state index in [1.54, 1.807) is 0 Å². The van der Waals surface area contributed by atoms with Gasteiger partial charge in [0, 0.05) is 0 Å². The maximum Gasteiger partial charge on any atom is 0.119 e. The summed E-state index contributed by atoms with van der Waals surface area (Å²) in [6.07, 6.45) is 2.66. The molecule has 0 amide bonds. The Morgan fingerprint density at radius 1 is 1.25 bits per heavy atom. The summed E-state index contributed by atoms with van der Waals surface area (Å²) in [6, 6.07) is 7.56. The molecule has 60 valence electrons. The molecule has 0 heterocycles. The van der Waals surface area contributed by atoms with Crippen LogP contribution in [-0.2, 0) is 0 Å². The molecule has 1 aromatic rings. The molecule has 0 saturated heterocycles. The van der Waals surface area contributed by atoms with Gasteiger partial charge in [-0.1, -0.05) is 17.6 Å². The summed E-state index contributed by atoms with van der Waals surface area (Å²) in [5.74, 6) is 1.73. The number of hydrogen-bond donors (Lipinski definition) is 0. The van der Waals surface area contributed by atoms with E-state index >= 15 is 0 Å². The van der Waals surface area contributed by atoms with Crippen LogP contribution in [0.3, 0.4) is 0 Å². The molecule has 2 rings (SSSR count). The molecule has 2 heteroatoms. The molecule has 0 atom stereocenters. The molecule has 0 spiro atoms. The van der Waals surface area contributed by atoms with E-state index in [1.165, 1.54) is 12.8 Å². The highest BCUT2D eigenvalue weighted by atomic mass is 16.5. The lowest BCUT2D eigenvalue weighted by molar-refractivity contribution is 0.300. The Morgan fingerprint density at radius 2 is 1.92 bits per heavy atom. The molecule has 0 bridgehead atoms. The van der Waals surface area contributed by atoms with Crippen molar-refractivity contribution < 1.29 is 4.74 Å². The second-order valence-corrected chi connectivity index (χ2v) is 3.32. The highest BCUT2D eigenvalue weighted by Crippen LogP contribution is 2.29. The largest absolute Gasteiger partial charge is 0.493 e. The van der Waals surface area contributed by atoms with E-state index in [0.717, 1.165) is 23.7 Å². The second kappa shape index (κ2) is 3.22. The second-order valence-electron chi connectivity index (χ2n) is 3.32. The van der Waals surface area contributed by atoms with Crippen LogP contribution in [0.4, 0.5) is 0 Å². The van der Waals surface area contributed by atoms with Gasteiger partial charge in [-0.2, -0.15) is 0 Å². The van der Waals surface area contributed by atoms with E-state index in [0.29, 0.717) is 0 Å². The maximum atomic E-state index is 5.54. The van der Waals surface area contributed by atoms with E-state index in [2.05, 4.69) is 0 Å². The summed E-state index contributed by atoms with van der Waals surface area (Å²) in [7, 11) is 5.54. The summed E-state index contributed by atoms with van der Waals surface area (Å²) in [5, 5.41) is 0. The van der Waals surface area contributed by atoms with Gasteiger partial charge in [-0.15, -0.1) is 0 Å². The van der Waals surface area contributed by atoms with Crippen molar-refractivity contribution >= 4 is 13.3 Å². The lowest BCUT2D eigenvalue weighted by Crippen LogP contribution is -2.02. The third kappa shape index (κ3) is 2.03. The Hall–Kier alpha value is -0.915. The Labute approximate surface area is 74.2 Å². The molecule has 1 fully saturated rings. The highest BCUT2D eigenvalue weighted by Gasteiger charge is 2.21. The van der Waals surface area contributed by atoms with Gasteiger partial charge in [-0.25, -0.2) is 0 Å². The highest BCUT2D eigenvalue weighted by molar-refractivity contribution is 6.32. The van der Waals surface area contributed by atoms with Gasteiger partial charge in [0.1, 0.15) is 13.6 Å². The summed E-state index contributed by atoms with van der Waals surface area (Å²) < 4.78 is 5.53. The smallest absolute Gasteiger partial charge is 0.119 e. The van der Waals surface area contributed by atoms with E-state index < -0.39 is 0 Å². The van der Waals surface area contributed by atoms with Gasteiger partial charge in [-0.3, -0.25) is 0 Å². The molecule has 1 nitrogen and oxygen atoms in total. The Balaban J connectivity index is 1.89. The average molecular weight is 158 g/mol. The topological polar surface area (TPSA) is 9.23 Å². The minimum atomic E-state index is 0.786. The van der Waals surface area contributed by atoms with Crippen LogP contribution < -0.4 is 10.2 Å². The molecule has 0 aliphatic heterocycles. The van der Waals surface area contributed by atoms with E-state index in [-0.39, 0.29) is 0 Å². The third-order valence-electron chi connectivity index (χ3n) is 2.06. The molecule has 0 unspecified atom stereocenters. The van der Waals surface area contributed by atoms with Gasteiger partial charge in [0.25, 0.3) is 0 Å². The van der Waals surface area contributed by atoms with Gasteiger partial charge >= 0.3 is 0 Å². The monoisotopic (exact) mass is 158 g/mol. The van der Waals surface area contributed by atoms with Gasteiger partial charge < -0.3 is 4.74 Å². The first-order valence-electron chi connectivity index (χ1n) is 4.33. The van der Waals surface area contributed by atoms with Crippen molar-refractivity contribution in [3.8, 4) is 5.75 Å². The third-order valence-corrected chi connectivity index (χ3v) is 2.06. The fraction of sp³-hybridized carbons (Fsp3) is 0.400. The normalized spacial score (nSPS) is 16.0. The Kier molecular flexibility index (Phi) is 2.07. The molecular formula is C10H11BO. The quantitative estimate of drug-likeness (QED) is 0.602. The predicted octanol–water partition coefficient (Wildman–Crippen LogP) is 1.27. The van der Waals surface area contributed by atoms with Crippen LogP contribution in [0.15, 0.2) is 24.3 Å². The number of ether oxygens (including phenoxy) is 1. The van der Waals surface area contributed by atoms with Crippen molar-refractivity contribution in [3.05, 3.63) is 24.3 Å². The van der Waals surface area contributed by atoms with Crippen molar-refractivity contribution in [1.82, 2.24) is 0 Å². The van der Waals surface area contributed by atoms with Gasteiger partial charge in [-0.05, 0) is 30.9 Å². The average Bonchev–Trinajstić information content (AvgIpc) is 2.87. The SMILES string of the molecule is [B]c1ccc(OCC2CC2)cc1. The first-order chi connectivity index (χ1) is 5.84. The first-order valence-corrected chi connectivity index (χ1v) is 4.33. The molecular weight excluding hydrogens is 147 g/mol. The number of hydrogen-bond acceptors (Lipinski definition) is 1. The molecule has 0 aromatic heterocycles. The predicted molar refractivity (Wildman–Crippen MR) is 50.0 cm³/mol. The Morgan fingerprint density at radius 3 is 2.50 bits per heavy atom. The van der Waals surface area contributed by atoms with Crippen LogP contribution in [0.5, 0.6) is 5.75 Å². The summed E-state index contributed by atoms with van der Waals surface area (Å²) >= 11 is 0. The minimum Gasteiger partial charge on any atom is -0.493 e. The minimum absolute atomic E-state index is 0.786. The van der Waals surface area contributed by atoms with Crippen molar-refractivity contribution in [3.63, 3.8) is 0 Å². The van der Waals surface area contributed by atoms with Crippen molar-refractivity contribution in [2.45, 2.75) is 12.8 Å². The van der Waals surface area contributed by atoms with Crippen LogP contribution in [0.25, 0.3) is 0 Å². The van der Waals surface area contributed by atoms with Crippen LogP contribution in [0, 0.1) is 5.92 Å². The number of rotatable bonds is 3. The standard InChI is InChI=1S/C10H11BO/c11-9-3-5-10(6-4-9)12-7-8-1-2-8/h3-6,8H,1-2,7H2. The lowest BCUT2D eigenvalue weighted by atomic mass is 9.97. The summed E-state index contributed by atoms with van der Waals surface area (Å²) in [5.41, 5.74) is 0.786. The maximum absolute atomic E-state index is 5.54. The first kappa shape index (κ1) is 7.72. The van der Waals surface area contributed by atoms with E-state index in [4.69, 9.17) is 12.6 Å². The zero-order valence-electron chi connectivity index (χ0n) is 6.99. The molecule has 12 heavy (non-hydrogen) atoms. The zero-order chi connectivity index (χ0) is 8.39. The van der Waals surface area contributed by atoms with Crippen LogP contribution in [0.2, 0.25) is 0 Å². The fourth-order valence-corrected chi connectivity index (χ4v) is 1.06. The van der Waals surface area contributed by atoms with Gasteiger partial charge in [0.05, 0.1) is 6.61 Å². The van der Waals surface area contributed by atoms with Gasteiger partial charge in [0.15, 0.2) is 0 Å². The lowest BCUT2D eigenvalue weighted by Gasteiger charge is -2.04. The molecule has 1 aliphatic rings.